The lowest BCUT2D eigenvalue weighted by atomic mass is 10.2. The number of esters is 1. The van der Waals surface area contributed by atoms with E-state index in [4.69, 9.17) is 21.1 Å². The van der Waals surface area contributed by atoms with Crippen LogP contribution in [-0.2, 0) is 14.3 Å². The van der Waals surface area contributed by atoms with Crippen LogP contribution in [0.15, 0.2) is 48.5 Å². The molecule has 0 aliphatic heterocycles. The molecule has 0 aliphatic carbocycles. The molecule has 2 aromatic carbocycles. The van der Waals surface area contributed by atoms with E-state index >= 15 is 0 Å². The van der Waals surface area contributed by atoms with Gasteiger partial charge in [-0.3, -0.25) is 14.4 Å². The molecule has 0 saturated carbocycles. The van der Waals surface area contributed by atoms with Crippen molar-refractivity contribution in [3.8, 4) is 5.75 Å². The molecule has 0 unspecified atom stereocenters. The first-order chi connectivity index (χ1) is 13.4. The van der Waals surface area contributed by atoms with E-state index in [9.17, 15) is 14.4 Å². The van der Waals surface area contributed by atoms with Gasteiger partial charge in [0.05, 0.1) is 6.61 Å². The van der Waals surface area contributed by atoms with Crippen LogP contribution < -0.4 is 15.4 Å². The summed E-state index contributed by atoms with van der Waals surface area (Å²) in [4.78, 5) is 36.0. The summed E-state index contributed by atoms with van der Waals surface area (Å²) in [6.45, 7) is 3.48. The van der Waals surface area contributed by atoms with Gasteiger partial charge >= 0.3 is 5.97 Å². The standard InChI is InChI=1S/C20H21ClN2O5/c1-3-27-17-10-4-14(5-11-17)20(26)22-12-18(24)28-13(2)19(25)23-16-8-6-15(21)7-9-16/h4-11,13H,3,12H2,1-2H3,(H,22,26)(H,23,25)/t13-/m0/s1. The Hall–Kier alpha value is -3.06. The van der Waals surface area contributed by atoms with Crippen LogP contribution in [0, 0.1) is 0 Å². The average molecular weight is 405 g/mol. The van der Waals surface area contributed by atoms with Gasteiger partial charge in [0.25, 0.3) is 11.8 Å². The largest absolute Gasteiger partial charge is 0.494 e. The molecule has 2 aromatic rings. The van der Waals surface area contributed by atoms with Crippen LogP contribution in [0.25, 0.3) is 0 Å². The van der Waals surface area contributed by atoms with Crippen molar-refractivity contribution in [3.05, 3.63) is 59.1 Å². The molecular formula is C20H21ClN2O5. The number of rotatable bonds is 8. The zero-order valence-corrected chi connectivity index (χ0v) is 16.3. The third-order valence-electron chi connectivity index (χ3n) is 3.61. The third kappa shape index (κ3) is 6.59. The predicted octanol–water partition coefficient (Wildman–Crippen LogP) is 3.04. The van der Waals surface area contributed by atoms with Crippen molar-refractivity contribution in [2.75, 3.05) is 18.5 Å². The second kappa shape index (κ2) is 10.3. The lowest BCUT2D eigenvalue weighted by molar-refractivity contribution is -0.152. The van der Waals surface area contributed by atoms with E-state index in [1.165, 1.54) is 6.92 Å². The van der Waals surface area contributed by atoms with E-state index in [1.54, 1.807) is 48.5 Å². The van der Waals surface area contributed by atoms with Gasteiger partial charge in [-0.25, -0.2) is 0 Å². The number of amides is 2. The Morgan fingerprint density at radius 1 is 1.04 bits per heavy atom. The molecule has 0 aliphatic rings. The number of anilines is 1. The van der Waals surface area contributed by atoms with Crippen LogP contribution in [0.2, 0.25) is 5.02 Å². The lowest BCUT2D eigenvalue weighted by Gasteiger charge is -2.14. The minimum Gasteiger partial charge on any atom is -0.494 e. The summed E-state index contributed by atoms with van der Waals surface area (Å²) in [5.41, 5.74) is 0.908. The van der Waals surface area contributed by atoms with Gasteiger partial charge in [-0.1, -0.05) is 11.6 Å². The van der Waals surface area contributed by atoms with E-state index in [2.05, 4.69) is 10.6 Å². The first-order valence-electron chi connectivity index (χ1n) is 8.66. The van der Waals surface area contributed by atoms with E-state index < -0.39 is 23.9 Å². The second-order valence-electron chi connectivity index (χ2n) is 5.77. The topological polar surface area (TPSA) is 93.7 Å². The van der Waals surface area contributed by atoms with Crippen molar-refractivity contribution < 1.29 is 23.9 Å². The highest BCUT2D eigenvalue weighted by molar-refractivity contribution is 6.30. The zero-order chi connectivity index (χ0) is 20.5. The summed E-state index contributed by atoms with van der Waals surface area (Å²) in [7, 11) is 0. The molecule has 0 heterocycles. The Bertz CT molecular complexity index is 821. The number of hydrogen-bond donors (Lipinski definition) is 2. The van der Waals surface area contributed by atoms with Crippen molar-refractivity contribution in [2.24, 2.45) is 0 Å². The molecule has 0 saturated heterocycles. The smallest absolute Gasteiger partial charge is 0.326 e. The number of benzene rings is 2. The summed E-state index contributed by atoms with van der Waals surface area (Å²) < 4.78 is 10.3. The number of hydrogen-bond acceptors (Lipinski definition) is 5. The van der Waals surface area contributed by atoms with Gasteiger partial charge in [0, 0.05) is 16.3 Å². The molecule has 28 heavy (non-hydrogen) atoms. The number of carbonyl (C=O) groups excluding carboxylic acids is 3. The maximum absolute atomic E-state index is 12.1. The molecule has 8 heteroatoms. The second-order valence-corrected chi connectivity index (χ2v) is 6.20. The fourth-order valence-electron chi connectivity index (χ4n) is 2.19. The highest BCUT2D eigenvalue weighted by Gasteiger charge is 2.18. The summed E-state index contributed by atoms with van der Waals surface area (Å²) in [5.74, 6) is -0.996. The Morgan fingerprint density at radius 2 is 1.68 bits per heavy atom. The van der Waals surface area contributed by atoms with Crippen LogP contribution in [-0.4, -0.2) is 37.0 Å². The molecule has 148 valence electrons. The van der Waals surface area contributed by atoms with Crippen LogP contribution in [0.3, 0.4) is 0 Å². The molecule has 0 radical (unpaired) electrons. The maximum Gasteiger partial charge on any atom is 0.326 e. The molecule has 0 aromatic heterocycles. The first kappa shape index (κ1) is 21.2. The summed E-state index contributed by atoms with van der Waals surface area (Å²) in [6, 6.07) is 13.0. The number of ether oxygens (including phenoxy) is 2. The Balaban J connectivity index is 1.78. The van der Waals surface area contributed by atoms with Crippen LogP contribution in [0.5, 0.6) is 5.75 Å². The van der Waals surface area contributed by atoms with E-state index in [1.807, 2.05) is 6.92 Å². The lowest BCUT2D eigenvalue weighted by Crippen LogP contribution is -2.35. The third-order valence-corrected chi connectivity index (χ3v) is 3.86. The van der Waals surface area contributed by atoms with Crippen molar-refractivity contribution >= 4 is 35.1 Å². The summed E-state index contributed by atoms with van der Waals surface area (Å²) >= 11 is 5.78. The number of nitrogens with one attached hydrogen (secondary N) is 2. The molecule has 0 fully saturated rings. The van der Waals surface area contributed by atoms with Crippen LogP contribution in [0.1, 0.15) is 24.2 Å². The van der Waals surface area contributed by atoms with Gasteiger partial charge in [-0.15, -0.1) is 0 Å². The van der Waals surface area contributed by atoms with Gasteiger partial charge in [0.15, 0.2) is 6.10 Å². The van der Waals surface area contributed by atoms with Crippen molar-refractivity contribution in [1.29, 1.82) is 0 Å². The van der Waals surface area contributed by atoms with Gasteiger partial charge in [-0.2, -0.15) is 0 Å². The predicted molar refractivity (Wildman–Crippen MR) is 106 cm³/mol. The fourth-order valence-corrected chi connectivity index (χ4v) is 2.32. The van der Waals surface area contributed by atoms with Crippen molar-refractivity contribution in [2.45, 2.75) is 20.0 Å². The molecular weight excluding hydrogens is 384 g/mol. The molecule has 1 atom stereocenters. The van der Waals surface area contributed by atoms with E-state index in [-0.39, 0.29) is 6.54 Å². The fraction of sp³-hybridized carbons (Fsp3) is 0.250. The Labute approximate surface area is 168 Å². The molecule has 2 rings (SSSR count). The number of carbonyl (C=O) groups is 3. The average Bonchev–Trinajstić information content (AvgIpc) is 2.68. The summed E-state index contributed by atoms with van der Waals surface area (Å²) in [5, 5.41) is 5.60. The van der Waals surface area contributed by atoms with Crippen molar-refractivity contribution in [3.63, 3.8) is 0 Å². The van der Waals surface area contributed by atoms with Crippen LogP contribution in [0.4, 0.5) is 5.69 Å². The summed E-state index contributed by atoms with van der Waals surface area (Å²) in [6.07, 6.45) is -1.02. The van der Waals surface area contributed by atoms with Gasteiger partial charge < -0.3 is 20.1 Å². The maximum atomic E-state index is 12.1. The van der Waals surface area contributed by atoms with Crippen LogP contribution >= 0.6 is 11.6 Å². The minimum atomic E-state index is -1.02. The van der Waals surface area contributed by atoms with Gasteiger partial charge in [0.2, 0.25) is 0 Å². The molecule has 0 spiro atoms. The van der Waals surface area contributed by atoms with Gasteiger partial charge in [0.1, 0.15) is 12.3 Å². The zero-order valence-electron chi connectivity index (χ0n) is 15.5. The Morgan fingerprint density at radius 3 is 2.29 bits per heavy atom. The first-order valence-corrected chi connectivity index (χ1v) is 9.03. The van der Waals surface area contributed by atoms with E-state index in [0.29, 0.717) is 28.6 Å². The molecule has 2 amide bonds. The number of halogens is 1. The van der Waals surface area contributed by atoms with E-state index in [0.717, 1.165) is 0 Å². The normalized spacial score (nSPS) is 11.2. The highest BCUT2D eigenvalue weighted by atomic mass is 35.5. The molecule has 7 nitrogen and oxygen atoms in total. The Kier molecular flexibility index (Phi) is 7.83. The molecule has 2 N–H and O–H groups in total. The monoisotopic (exact) mass is 404 g/mol. The minimum absolute atomic E-state index is 0.357. The highest BCUT2D eigenvalue weighted by Crippen LogP contribution is 2.14. The SMILES string of the molecule is CCOc1ccc(C(=O)NCC(=O)O[C@@H](C)C(=O)Nc2ccc(Cl)cc2)cc1. The van der Waals surface area contributed by atoms with Crippen molar-refractivity contribution in [1.82, 2.24) is 5.32 Å². The van der Waals surface area contributed by atoms with Gasteiger partial charge in [-0.05, 0) is 62.4 Å². The molecule has 0 bridgehead atoms. The quantitative estimate of drug-likeness (QED) is 0.659.